The predicted molar refractivity (Wildman–Crippen MR) is 56.4 cm³/mol. The Morgan fingerprint density at radius 3 is 2.73 bits per heavy atom. The van der Waals surface area contributed by atoms with Crippen LogP contribution in [0.5, 0.6) is 0 Å². The maximum Gasteiger partial charge on any atom is 0.211 e. The van der Waals surface area contributed by atoms with Gasteiger partial charge >= 0.3 is 0 Å². The van der Waals surface area contributed by atoms with Gasteiger partial charge in [-0.2, -0.15) is 0 Å². The van der Waals surface area contributed by atoms with Crippen LogP contribution >= 0.6 is 0 Å². The molecule has 15 heavy (non-hydrogen) atoms. The minimum Gasteiger partial charge on any atom is -0.354 e. The molecule has 1 N–H and O–H groups in total. The fraction of sp³-hybridized carbons (Fsp3) is 0.0909. The van der Waals surface area contributed by atoms with Gasteiger partial charge in [0.05, 0.1) is 0 Å². The number of hydrogen-bond acceptors (Lipinski definition) is 3. The molecule has 1 aromatic carbocycles. The molecular weight excluding hydrogens is 192 g/mol. The molecule has 1 aromatic heterocycles. The molecule has 4 nitrogen and oxygen atoms in total. The molecule has 0 fully saturated rings. The molecule has 0 atom stereocenters. The van der Waals surface area contributed by atoms with E-state index in [-0.39, 0.29) is 0 Å². The Balaban J connectivity index is 2.49. The summed E-state index contributed by atoms with van der Waals surface area (Å²) in [7, 11) is 0. The average Bonchev–Trinajstić information content (AvgIpc) is 2.63. The van der Waals surface area contributed by atoms with Crippen molar-refractivity contribution < 1.29 is 9.32 Å². The fourth-order valence-electron chi connectivity index (χ4n) is 1.39. The van der Waals surface area contributed by atoms with Crippen molar-refractivity contribution in [2.45, 2.75) is 6.92 Å². The van der Waals surface area contributed by atoms with Crippen LogP contribution in [-0.2, 0) is 4.79 Å². The summed E-state index contributed by atoms with van der Waals surface area (Å²) in [5, 5.41) is 6.40. The van der Waals surface area contributed by atoms with Gasteiger partial charge < -0.3 is 9.84 Å². The Morgan fingerprint density at radius 2 is 2.07 bits per heavy atom. The van der Waals surface area contributed by atoms with Crippen LogP contribution in [0.25, 0.3) is 11.3 Å². The molecule has 76 valence electrons. The van der Waals surface area contributed by atoms with Crippen LogP contribution in [0.1, 0.15) is 5.69 Å². The Labute approximate surface area is 86.9 Å². The standard InChI is InChI=1S/C11H10N2O2/c1-8-10(12-7-14)11(15-13-8)9-5-3-2-4-6-9/h2-7H,1H3,(H,12,14). The number of carbonyl (C=O) groups excluding carboxylic acids is 1. The largest absolute Gasteiger partial charge is 0.354 e. The van der Waals surface area contributed by atoms with Gasteiger partial charge in [0.15, 0.2) is 5.76 Å². The summed E-state index contributed by atoms with van der Waals surface area (Å²) < 4.78 is 5.16. The third-order valence-electron chi connectivity index (χ3n) is 2.10. The molecule has 0 aliphatic carbocycles. The van der Waals surface area contributed by atoms with Gasteiger partial charge in [-0.3, -0.25) is 4.79 Å². The van der Waals surface area contributed by atoms with Crippen molar-refractivity contribution in [1.82, 2.24) is 5.16 Å². The zero-order valence-corrected chi connectivity index (χ0v) is 8.23. The van der Waals surface area contributed by atoms with E-state index >= 15 is 0 Å². The van der Waals surface area contributed by atoms with Gasteiger partial charge in [0.2, 0.25) is 6.41 Å². The minimum atomic E-state index is 0.584. The number of benzene rings is 1. The molecule has 0 saturated carbocycles. The van der Waals surface area contributed by atoms with Crippen molar-refractivity contribution in [1.29, 1.82) is 0 Å². The molecule has 0 unspecified atom stereocenters. The molecule has 0 aliphatic heterocycles. The number of anilines is 1. The third kappa shape index (κ3) is 1.74. The van der Waals surface area contributed by atoms with E-state index in [4.69, 9.17) is 4.52 Å². The zero-order chi connectivity index (χ0) is 10.7. The maximum absolute atomic E-state index is 10.4. The van der Waals surface area contributed by atoms with E-state index in [0.717, 1.165) is 5.56 Å². The number of hydrogen-bond donors (Lipinski definition) is 1. The van der Waals surface area contributed by atoms with Crippen molar-refractivity contribution in [2.75, 3.05) is 5.32 Å². The molecule has 2 rings (SSSR count). The second-order valence-corrected chi connectivity index (χ2v) is 3.10. The summed E-state index contributed by atoms with van der Waals surface area (Å²) in [5.41, 5.74) is 2.18. The monoisotopic (exact) mass is 202 g/mol. The molecule has 1 amide bonds. The van der Waals surface area contributed by atoms with Crippen molar-refractivity contribution in [2.24, 2.45) is 0 Å². The summed E-state index contributed by atoms with van der Waals surface area (Å²) in [5.74, 6) is 0.584. The van der Waals surface area contributed by atoms with Crippen LogP contribution < -0.4 is 5.32 Å². The second kappa shape index (κ2) is 3.96. The highest BCUT2D eigenvalue weighted by atomic mass is 16.5. The number of carbonyl (C=O) groups is 1. The van der Waals surface area contributed by atoms with E-state index in [9.17, 15) is 4.79 Å². The smallest absolute Gasteiger partial charge is 0.211 e. The summed E-state index contributed by atoms with van der Waals surface area (Å²) in [6.45, 7) is 1.78. The normalized spacial score (nSPS) is 9.93. The van der Waals surface area contributed by atoms with Gasteiger partial charge in [-0.25, -0.2) is 0 Å². The lowest BCUT2D eigenvalue weighted by Crippen LogP contribution is -1.95. The molecule has 0 bridgehead atoms. The van der Waals surface area contributed by atoms with E-state index in [1.54, 1.807) is 6.92 Å². The molecule has 2 aromatic rings. The first-order chi connectivity index (χ1) is 7.33. The fourth-order valence-corrected chi connectivity index (χ4v) is 1.39. The number of nitrogens with one attached hydrogen (secondary N) is 1. The van der Waals surface area contributed by atoms with E-state index in [2.05, 4.69) is 10.5 Å². The average molecular weight is 202 g/mol. The molecule has 4 heteroatoms. The van der Waals surface area contributed by atoms with E-state index < -0.39 is 0 Å². The van der Waals surface area contributed by atoms with Crippen molar-refractivity contribution >= 4 is 12.1 Å². The Kier molecular flexibility index (Phi) is 2.49. The lowest BCUT2D eigenvalue weighted by molar-refractivity contribution is -0.105. The lowest BCUT2D eigenvalue weighted by atomic mass is 10.1. The highest BCUT2D eigenvalue weighted by Gasteiger charge is 2.13. The lowest BCUT2D eigenvalue weighted by Gasteiger charge is -1.99. The first kappa shape index (κ1) is 9.45. The second-order valence-electron chi connectivity index (χ2n) is 3.10. The van der Waals surface area contributed by atoms with Crippen LogP contribution in [0.3, 0.4) is 0 Å². The molecule has 0 saturated heterocycles. The van der Waals surface area contributed by atoms with Crippen LogP contribution in [0, 0.1) is 6.92 Å². The minimum absolute atomic E-state index is 0.584. The highest BCUT2D eigenvalue weighted by molar-refractivity contribution is 5.83. The van der Waals surface area contributed by atoms with E-state index in [1.165, 1.54) is 0 Å². The zero-order valence-electron chi connectivity index (χ0n) is 8.23. The SMILES string of the molecule is Cc1noc(-c2ccccc2)c1NC=O. The van der Waals surface area contributed by atoms with Gasteiger partial charge in [-0.1, -0.05) is 35.5 Å². The van der Waals surface area contributed by atoms with Gasteiger partial charge in [-0.15, -0.1) is 0 Å². The van der Waals surface area contributed by atoms with Gasteiger partial charge in [-0.05, 0) is 6.92 Å². The predicted octanol–water partition coefficient (Wildman–Crippen LogP) is 2.22. The van der Waals surface area contributed by atoms with Crippen molar-refractivity contribution in [3.8, 4) is 11.3 Å². The van der Waals surface area contributed by atoms with Gasteiger partial charge in [0.25, 0.3) is 0 Å². The number of rotatable bonds is 3. The summed E-state index contributed by atoms with van der Waals surface area (Å²) >= 11 is 0. The van der Waals surface area contributed by atoms with Crippen LogP contribution in [0.15, 0.2) is 34.9 Å². The number of amides is 1. The van der Waals surface area contributed by atoms with Gasteiger partial charge in [0.1, 0.15) is 11.4 Å². The molecular formula is C11H10N2O2. The first-order valence-corrected chi connectivity index (χ1v) is 4.55. The topological polar surface area (TPSA) is 55.1 Å². The molecule has 1 heterocycles. The van der Waals surface area contributed by atoms with Crippen molar-refractivity contribution in [3.05, 3.63) is 36.0 Å². The van der Waals surface area contributed by atoms with Gasteiger partial charge in [0, 0.05) is 5.56 Å². The summed E-state index contributed by atoms with van der Waals surface area (Å²) in [6.07, 6.45) is 0.617. The van der Waals surface area contributed by atoms with E-state index in [0.29, 0.717) is 23.6 Å². The highest BCUT2D eigenvalue weighted by Crippen LogP contribution is 2.29. The molecule has 0 radical (unpaired) electrons. The first-order valence-electron chi connectivity index (χ1n) is 4.55. The summed E-state index contributed by atoms with van der Waals surface area (Å²) in [4.78, 5) is 10.4. The molecule has 0 aliphatic rings. The molecule has 0 spiro atoms. The number of nitrogens with zero attached hydrogens (tertiary/aromatic N) is 1. The number of aromatic nitrogens is 1. The quantitative estimate of drug-likeness (QED) is 0.776. The van der Waals surface area contributed by atoms with Crippen molar-refractivity contribution in [3.63, 3.8) is 0 Å². The van der Waals surface area contributed by atoms with Crippen LogP contribution in [-0.4, -0.2) is 11.6 Å². The Bertz CT molecular complexity index is 463. The van der Waals surface area contributed by atoms with E-state index in [1.807, 2.05) is 30.3 Å². The van der Waals surface area contributed by atoms with Crippen LogP contribution in [0.4, 0.5) is 5.69 Å². The number of aryl methyl sites for hydroxylation is 1. The van der Waals surface area contributed by atoms with Crippen LogP contribution in [0.2, 0.25) is 0 Å². The third-order valence-corrected chi connectivity index (χ3v) is 2.10. The summed E-state index contributed by atoms with van der Waals surface area (Å²) in [6, 6.07) is 9.52. The maximum atomic E-state index is 10.4. The Morgan fingerprint density at radius 1 is 1.33 bits per heavy atom. The Hall–Kier alpha value is -2.10.